The fourth-order valence-electron chi connectivity index (χ4n) is 2.60. The maximum atomic E-state index is 12.3. The van der Waals surface area contributed by atoms with Crippen molar-refractivity contribution in [3.63, 3.8) is 0 Å². The van der Waals surface area contributed by atoms with Crippen LogP contribution in [0.1, 0.15) is 16.1 Å². The summed E-state index contributed by atoms with van der Waals surface area (Å²) in [6.45, 7) is 0.0837. The fourth-order valence-corrected chi connectivity index (χ4v) is 3.78. The largest absolute Gasteiger partial charge is 0.496 e. The maximum absolute atomic E-state index is 12.3. The number of hydrogen-bond donors (Lipinski definition) is 0. The number of nitrogens with zero attached hydrogens (tertiary/aromatic N) is 5. The van der Waals surface area contributed by atoms with Gasteiger partial charge in [-0.15, -0.1) is 16.4 Å². The van der Waals surface area contributed by atoms with Crippen LogP contribution in [0.2, 0.25) is 0 Å². The third-order valence-electron chi connectivity index (χ3n) is 4.01. The number of carbonyl (C=O) groups is 1. The summed E-state index contributed by atoms with van der Waals surface area (Å²) >= 11 is 4.93. The Kier molecular flexibility index (Phi) is 5.63. The van der Waals surface area contributed by atoms with Gasteiger partial charge >= 0.3 is 5.97 Å². The molecule has 0 aliphatic carbocycles. The van der Waals surface area contributed by atoms with Crippen molar-refractivity contribution in [2.45, 2.75) is 6.61 Å². The predicted octanol–water partition coefficient (Wildman–Crippen LogP) is 3.91. The molecule has 29 heavy (non-hydrogen) atoms. The molecule has 4 rings (SSSR count). The van der Waals surface area contributed by atoms with Crippen LogP contribution in [0.4, 0.5) is 0 Å². The van der Waals surface area contributed by atoms with E-state index in [-0.39, 0.29) is 6.61 Å². The highest BCUT2D eigenvalue weighted by atomic mass is 79.9. The molecule has 0 atom stereocenters. The van der Waals surface area contributed by atoms with Gasteiger partial charge in [0.25, 0.3) is 0 Å². The predicted molar refractivity (Wildman–Crippen MR) is 110 cm³/mol. The van der Waals surface area contributed by atoms with E-state index in [1.54, 1.807) is 31.4 Å². The molecule has 0 amide bonds. The average Bonchev–Trinajstić information content (AvgIpc) is 3.44. The first-order valence-corrected chi connectivity index (χ1v) is 10.1. The summed E-state index contributed by atoms with van der Waals surface area (Å²) in [7, 11) is 1.62. The number of methoxy groups -OCH3 is 1. The van der Waals surface area contributed by atoms with Crippen LogP contribution >= 0.6 is 27.3 Å². The molecular formula is C19H14BrN5O3S. The minimum Gasteiger partial charge on any atom is -0.496 e. The Balaban J connectivity index is 1.42. The zero-order valence-electron chi connectivity index (χ0n) is 15.2. The molecule has 2 aromatic carbocycles. The minimum absolute atomic E-state index is 0.0837. The van der Waals surface area contributed by atoms with Gasteiger partial charge in [0.05, 0.1) is 29.6 Å². The number of aromatic nitrogens is 5. The Morgan fingerprint density at radius 1 is 1.21 bits per heavy atom. The third kappa shape index (κ3) is 4.33. The van der Waals surface area contributed by atoms with Crippen LogP contribution in [0, 0.1) is 0 Å². The summed E-state index contributed by atoms with van der Waals surface area (Å²) in [6, 6.07) is 12.5. The van der Waals surface area contributed by atoms with Crippen LogP contribution in [-0.2, 0) is 11.3 Å². The second-order valence-corrected chi connectivity index (χ2v) is 7.64. The van der Waals surface area contributed by atoms with Crippen LogP contribution in [0.3, 0.4) is 0 Å². The number of ether oxygens (including phenoxy) is 2. The van der Waals surface area contributed by atoms with E-state index in [1.165, 1.54) is 22.3 Å². The topological polar surface area (TPSA) is 92.0 Å². The monoisotopic (exact) mass is 471 g/mol. The molecule has 2 heterocycles. The van der Waals surface area contributed by atoms with Gasteiger partial charge in [-0.25, -0.2) is 14.5 Å². The van der Waals surface area contributed by atoms with E-state index in [1.807, 2.05) is 23.6 Å². The molecule has 0 saturated heterocycles. The second-order valence-electron chi connectivity index (χ2n) is 5.87. The summed E-state index contributed by atoms with van der Waals surface area (Å²) < 4.78 is 13.2. The number of benzene rings is 2. The SMILES string of the molecule is COc1ccc(Br)cc1-c1nc(COC(=O)c2ccc(-n3cnnn3)cc2)cs1. The first-order chi connectivity index (χ1) is 14.1. The molecular weight excluding hydrogens is 458 g/mol. The van der Waals surface area contributed by atoms with Crippen LogP contribution in [0.5, 0.6) is 5.75 Å². The maximum Gasteiger partial charge on any atom is 0.338 e. The van der Waals surface area contributed by atoms with E-state index < -0.39 is 5.97 Å². The number of esters is 1. The summed E-state index contributed by atoms with van der Waals surface area (Å²) in [6.07, 6.45) is 1.48. The van der Waals surface area contributed by atoms with Crippen molar-refractivity contribution < 1.29 is 14.3 Å². The number of rotatable bonds is 6. The number of halogens is 1. The molecule has 10 heteroatoms. The lowest BCUT2D eigenvalue weighted by Crippen LogP contribution is -2.06. The van der Waals surface area contributed by atoms with E-state index in [4.69, 9.17) is 9.47 Å². The first-order valence-electron chi connectivity index (χ1n) is 8.43. The molecule has 0 saturated carbocycles. The van der Waals surface area contributed by atoms with E-state index >= 15 is 0 Å². The Labute approximate surface area is 178 Å². The molecule has 0 aliphatic heterocycles. The summed E-state index contributed by atoms with van der Waals surface area (Å²) in [5.74, 6) is 0.302. The van der Waals surface area contributed by atoms with Crippen LogP contribution in [0.15, 0.2) is 58.6 Å². The molecule has 146 valence electrons. The lowest BCUT2D eigenvalue weighted by Gasteiger charge is -2.06. The van der Waals surface area contributed by atoms with E-state index in [0.717, 1.165) is 26.5 Å². The molecule has 0 fully saturated rings. The van der Waals surface area contributed by atoms with E-state index in [0.29, 0.717) is 11.3 Å². The number of carbonyl (C=O) groups excluding carboxylic acids is 1. The third-order valence-corrected chi connectivity index (χ3v) is 5.43. The fraction of sp³-hybridized carbons (Fsp3) is 0.105. The molecule has 0 aliphatic rings. The lowest BCUT2D eigenvalue weighted by molar-refractivity contribution is 0.0468. The van der Waals surface area contributed by atoms with Crippen molar-refractivity contribution in [3.05, 3.63) is 69.9 Å². The van der Waals surface area contributed by atoms with Gasteiger partial charge in [0.15, 0.2) is 0 Å². The molecule has 2 aromatic heterocycles. The highest BCUT2D eigenvalue weighted by Gasteiger charge is 2.13. The van der Waals surface area contributed by atoms with Gasteiger partial charge < -0.3 is 9.47 Å². The number of thiazole rings is 1. The minimum atomic E-state index is -0.428. The smallest absolute Gasteiger partial charge is 0.338 e. The Hall–Kier alpha value is -3.11. The van der Waals surface area contributed by atoms with Gasteiger partial charge in [-0.3, -0.25) is 0 Å². The van der Waals surface area contributed by atoms with Crippen molar-refractivity contribution in [2.24, 2.45) is 0 Å². The quantitative estimate of drug-likeness (QED) is 0.393. The van der Waals surface area contributed by atoms with Gasteiger partial charge in [0.1, 0.15) is 23.7 Å². The second kappa shape index (κ2) is 8.50. The zero-order valence-corrected chi connectivity index (χ0v) is 17.6. The van der Waals surface area contributed by atoms with Crippen LogP contribution < -0.4 is 4.74 Å². The van der Waals surface area contributed by atoms with Crippen molar-refractivity contribution in [2.75, 3.05) is 7.11 Å². The van der Waals surface area contributed by atoms with Gasteiger partial charge in [-0.2, -0.15) is 0 Å². The molecule has 0 radical (unpaired) electrons. The normalized spacial score (nSPS) is 10.7. The Morgan fingerprint density at radius 2 is 2.03 bits per heavy atom. The van der Waals surface area contributed by atoms with Crippen LogP contribution in [-0.4, -0.2) is 38.3 Å². The van der Waals surface area contributed by atoms with Crippen molar-refractivity contribution in [3.8, 4) is 22.0 Å². The molecule has 4 aromatic rings. The van der Waals surface area contributed by atoms with Gasteiger partial charge in [-0.1, -0.05) is 15.9 Å². The van der Waals surface area contributed by atoms with Gasteiger partial charge in [0.2, 0.25) is 0 Å². The lowest BCUT2D eigenvalue weighted by atomic mass is 10.2. The summed E-state index contributed by atoms with van der Waals surface area (Å²) in [5, 5.41) is 13.6. The van der Waals surface area contributed by atoms with Crippen molar-refractivity contribution in [1.82, 2.24) is 25.2 Å². The van der Waals surface area contributed by atoms with Gasteiger partial charge in [0, 0.05) is 9.85 Å². The van der Waals surface area contributed by atoms with E-state index in [2.05, 4.69) is 36.4 Å². The molecule has 0 N–H and O–H groups in total. The Bertz CT molecular complexity index is 1130. The first kappa shape index (κ1) is 19.2. The van der Waals surface area contributed by atoms with Crippen LogP contribution in [0.25, 0.3) is 16.3 Å². The average molecular weight is 472 g/mol. The zero-order chi connectivity index (χ0) is 20.2. The molecule has 0 unspecified atom stereocenters. The highest BCUT2D eigenvalue weighted by molar-refractivity contribution is 9.10. The summed E-state index contributed by atoms with van der Waals surface area (Å²) in [5.41, 5.74) is 2.73. The van der Waals surface area contributed by atoms with E-state index in [9.17, 15) is 4.79 Å². The van der Waals surface area contributed by atoms with Gasteiger partial charge in [-0.05, 0) is 52.9 Å². The highest BCUT2D eigenvalue weighted by Crippen LogP contribution is 2.34. The molecule has 0 spiro atoms. The Morgan fingerprint density at radius 3 is 2.76 bits per heavy atom. The number of tetrazole rings is 1. The molecule has 8 nitrogen and oxygen atoms in total. The number of hydrogen-bond acceptors (Lipinski definition) is 8. The summed E-state index contributed by atoms with van der Waals surface area (Å²) in [4.78, 5) is 16.9. The standard InChI is InChI=1S/C19H14BrN5O3S/c1-27-17-7-4-13(20)8-16(17)18-22-14(10-29-18)9-28-19(26)12-2-5-15(6-3-12)25-11-21-23-24-25/h2-8,10-11H,9H2,1H3. The molecule has 0 bridgehead atoms. The van der Waals surface area contributed by atoms with Crippen molar-refractivity contribution in [1.29, 1.82) is 0 Å². The van der Waals surface area contributed by atoms with Crippen molar-refractivity contribution >= 4 is 33.2 Å².